The van der Waals surface area contributed by atoms with Gasteiger partial charge in [-0.3, -0.25) is 14.2 Å². The van der Waals surface area contributed by atoms with Gasteiger partial charge in [0.15, 0.2) is 0 Å². The third-order valence-electron chi connectivity index (χ3n) is 6.00. The lowest BCUT2D eigenvalue weighted by Gasteiger charge is -2.30. The first-order valence-electron chi connectivity index (χ1n) is 12.9. The zero-order valence-electron chi connectivity index (χ0n) is 22.9. The summed E-state index contributed by atoms with van der Waals surface area (Å²) in [6.07, 6.45) is -0.237. The van der Waals surface area contributed by atoms with Crippen molar-refractivity contribution in [1.29, 1.82) is 0 Å². The SMILES string of the molecule is C=C=NOC(C)(C)CCOC(=O)C(CC(=O)OCCOC(C)C)CP1(=O)Oc2ccccc2-c2ccccc21. The molecular formula is C29H36NO8P. The van der Waals surface area contributed by atoms with E-state index in [0.29, 0.717) is 17.5 Å². The minimum absolute atomic E-state index is 0.00312. The number of nitrogens with zero attached hydrogens (tertiary/aromatic N) is 1. The van der Waals surface area contributed by atoms with Crippen molar-refractivity contribution in [1.82, 2.24) is 0 Å². The number of hydrogen-bond donors (Lipinski definition) is 0. The largest absolute Gasteiger partial charge is 0.465 e. The first kappa shape index (κ1) is 30.2. The number of rotatable bonds is 14. The van der Waals surface area contributed by atoms with Gasteiger partial charge < -0.3 is 23.6 Å². The molecule has 2 aromatic rings. The van der Waals surface area contributed by atoms with Crippen LogP contribution in [0.25, 0.3) is 11.1 Å². The Morgan fingerprint density at radius 3 is 2.44 bits per heavy atom. The number of esters is 2. The second kappa shape index (κ2) is 13.6. The van der Waals surface area contributed by atoms with Gasteiger partial charge in [0.2, 0.25) is 0 Å². The monoisotopic (exact) mass is 557 g/mol. The summed E-state index contributed by atoms with van der Waals surface area (Å²) in [5.41, 5.74) is 0.843. The molecule has 0 N–H and O–H groups in total. The number of hydrogen-bond acceptors (Lipinski definition) is 9. The third kappa shape index (κ3) is 8.56. The van der Waals surface area contributed by atoms with Crippen molar-refractivity contribution in [3.63, 3.8) is 0 Å². The van der Waals surface area contributed by atoms with E-state index in [4.69, 9.17) is 23.6 Å². The molecule has 3 rings (SSSR count). The summed E-state index contributed by atoms with van der Waals surface area (Å²) in [6.45, 7) is 10.9. The summed E-state index contributed by atoms with van der Waals surface area (Å²) in [5.74, 6) is 0.391. The van der Waals surface area contributed by atoms with E-state index < -0.39 is 30.8 Å². The van der Waals surface area contributed by atoms with E-state index in [0.717, 1.165) is 11.1 Å². The summed E-state index contributed by atoms with van der Waals surface area (Å²) in [5, 5.41) is 4.06. The molecule has 0 amide bonds. The van der Waals surface area contributed by atoms with Crippen molar-refractivity contribution in [3.05, 3.63) is 55.1 Å². The number of benzene rings is 2. The molecule has 0 fully saturated rings. The van der Waals surface area contributed by atoms with Crippen molar-refractivity contribution in [2.45, 2.75) is 52.2 Å². The van der Waals surface area contributed by atoms with E-state index >= 15 is 0 Å². The zero-order chi connectivity index (χ0) is 28.5. The maximum atomic E-state index is 14.4. The first-order valence-corrected chi connectivity index (χ1v) is 14.7. The quantitative estimate of drug-likeness (QED) is 0.103. The number of ether oxygens (including phenoxy) is 3. The molecule has 0 radical (unpaired) electrons. The molecule has 0 saturated carbocycles. The lowest BCUT2D eigenvalue weighted by molar-refractivity contribution is -0.156. The van der Waals surface area contributed by atoms with Crippen LogP contribution < -0.4 is 9.83 Å². The van der Waals surface area contributed by atoms with Crippen molar-refractivity contribution < 1.29 is 37.7 Å². The highest BCUT2D eigenvalue weighted by molar-refractivity contribution is 7.67. The Morgan fingerprint density at radius 1 is 1.03 bits per heavy atom. The van der Waals surface area contributed by atoms with Gasteiger partial charge in [0.25, 0.3) is 7.37 Å². The molecule has 39 heavy (non-hydrogen) atoms. The van der Waals surface area contributed by atoms with Gasteiger partial charge >= 0.3 is 11.9 Å². The molecule has 10 heteroatoms. The van der Waals surface area contributed by atoms with E-state index in [9.17, 15) is 14.2 Å². The van der Waals surface area contributed by atoms with Crippen LogP contribution in [0, 0.1) is 5.92 Å². The van der Waals surface area contributed by atoms with Gasteiger partial charge in [0.1, 0.15) is 18.0 Å². The number of fused-ring (bicyclic) bond motifs is 3. The molecule has 1 aliphatic heterocycles. The van der Waals surface area contributed by atoms with Crippen LogP contribution >= 0.6 is 7.37 Å². The van der Waals surface area contributed by atoms with Gasteiger partial charge in [0.05, 0.1) is 43.1 Å². The molecule has 2 atom stereocenters. The first-order chi connectivity index (χ1) is 18.5. The molecule has 0 saturated heterocycles. The minimum atomic E-state index is -3.61. The van der Waals surface area contributed by atoms with Gasteiger partial charge in [0, 0.05) is 17.9 Å². The fourth-order valence-corrected chi connectivity index (χ4v) is 6.62. The van der Waals surface area contributed by atoms with Gasteiger partial charge in [-0.05, 0) is 57.1 Å². The zero-order valence-corrected chi connectivity index (χ0v) is 23.8. The third-order valence-corrected chi connectivity index (χ3v) is 8.54. The highest BCUT2D eigenvalue weighted by atomic mass is 31.2. The van der Waals surface area contributed by atoms with Crippen LogP contribution in [0.2, 0.25) is 0 Å². The van der Waals surface area contributed by atoms with E-state index in [1.54, 1.807) is 38.1 Å². The van der Waals surface area contributed by atoms with Crippen molar-refractivity contribution in [3.8, 4) is 16.9 Å². The molecular weight excluding hydrogens is 521 g/mol. The van der Waals surface area contributed by atoms with Crippen LogP contribution in [0.5, 0.6) is 5.75 Å². The van der Waals surface area contributed by atoms with E-state index in [1.807, 2.05) is 38.1 Å². The summed E-state index contributed by atoms with van der Waals surface area (Å²) >= 11 is 0. The molecule has 0 bridgehead atoms. The standard InChI is InChI=1S/C29H36NO8P/c1-6-30-38-29(4,5)15-16-36-28(32)22(19-27(31)35-18-17-34-21(2)3)20-39(33)26-14-10-8-12-24(26)23-11-7-9-13-25(23)37-39/h7-14,21-22H,1,15-20H2,2-5H3. The topological polar surface area (TPSA) is 110 Å². The molecule has 210 valence electrons. The Kier molecular flexibility index (Phi) is 10.5. The maximum absolute atomic E-state index is 14.4. The summed E-state index contributed by atoms with van der Waals surface area (Å²) < 4.78 is 36.6. The molecule has 2 unspecified atom stereocenters. The minimum Gasteiger partial charge on any atom is -0.465 e. The lowest BCUT2D eigenvalue weighted by Crippen LogP contribution is -2.31. The Bertz CT molecular complexity index is 1250. The van der Waals surface area contributed by atoms with Crippen LogP contribution in [0.15, 0.2) is 60.3 Å². The van der Waals surface area contributed by atoms with E-state index in [-0.39, 0.29) is 38.5 Å². The van der Waals surface area contributed by atoms with Crippen LogP contribution in [-0.2, 0) is 33.2 Å². The van der Waals surface area contributed by atoms with Crippen LogP contribution in [0.1, 0.15) is 40.5 Å². The fourth-order valence-electron chi connectivity index (χ4n) is 4.04. The van der Waals surface area contributed by atoms with Crippen molar-refractivity contribution >= 4 is 30.5 Å². The molecule has 2 aromatic carbocycles. The van der Waals surface area contributed by atoms with Crippen molar-refractivity contribution in [2.75, 3.05) is 26.0 Å². The Labute approximate surface area is 229 Å². The maximum Gasteiger partial charge on any atom is 0.310 e. The predicted octanol–water partition coefficient (Wildman–Crippen LogP) is 5.12. The molecule has 0 aromatic heterocycles. The molecule has 1 heterocycles. The van der Waals surface area contributed by atoms with Crippen LogP contribution in [0.3, 0.4) is 0 Å². The number of para-hydroxylation sites is 1. The summed E-state index contributed by atoms with van der Waals surface area (Å²) in [4.78, 5) is 31.2. The smallest absolute Gasteiger partial charge is 0.310 e. The average Bonchev–Trinajstić information content (AvgIpc) is 2.89. The highest BCUT2D eigenvalue weighted by Crippen LogP contribution is 2.55. The normalized spacial score (nSPS) is 16.6. The van der Waals surface area contributed by atoms with E-state index in [1.165, 1.54) is 0 Å². The van der Waals surface area contributed by atoms with E-state index in [2.05, 4.69) is 17.6 Å². The van der Waals surface area contributed by atoms with Gasteiger partial charge in [-0.15, -0.1) is 0 Å². The molecule has 9 nitrogen and oxygen atoms in total. The van der Waals surface area contributed by atoms with Gasteiger partial charge in [-0.2, -0.15) is 0 Å². The van der Waals surface area contributed by atoms with Crippen LogP contribution in [-0.4, -0.2) is 55.5 Å². The molecule has 0 aliphatic carbocycles. The predicted molar refractivity (Wildman–Crippen MR) is 149 cm³/mol. The Hall–Kier alpha value is -3.38. The second-order valence-electron chi connectivity index (χ2n) is 10.0. The highest BCUT2D eigenvalue weighted by Gasteiger charge is 2.41. The number of carbonyl (C=O) groups excluding carboxylic acids is 2. The molecule has 1 aliphatic rings. The Balaban J connectivity index is 1.79. The van der Waals surface area contributed by atoms with Gasteiger partial charge in [-0.1, -0.05) is 36.4 Å². The van der Waals surface area contributed by atoms with Gasteiger partial charge in [-0.25, -0.2) is 0 Å². The van der Waals surface area contributed by atoms with Crippen LogP contribution in [0.4, 0.5) is 0 Å². The second-order valence-corrected chi connectivity index (χ2v) is 12.4. The number of carbonyl (C=O) groups is 2. The lowest BCUT2D eigenvalue weighted by atomic mass is 10.0. The average molecular weight is 558 g/mol. The Morgan fingerprint density at radius 2 is 1.72 bits per heavy atom. The van der Waals surface area contributed by atoms with Crippen molar-refractivity contribution in [2.24, 2.45) is 11.1 Å². The summed E-state index contributed by atoms with van der Waals surface area (Å²) in [7, 11) is -3.61. The fraction of sp³-hybridized carbons (Fsp3) is 0.448. The molecule has 0 spiro atoms. The summed E-state index contributed by atoms with van der Waals surface area (Å²) in [6, 6.07) is 14.5.